The minimum absolute atomic E-state index is 0.0506. The summed E-state index contributed by atoms with van der Waals surface area (Å²) < 4.78 is 5.95. The lowest BCUT2D eigenvalue weighted by Gasteiger charge is -2.35. The van der Waals surface area contributed by atoms with Crippen LogP contribution in [0.4, 0.5) is 0 Å². The third-order valence-electron chi connectivity index (χ3n) is 5.93. The molecule has 1 aliphatic heterocycles. The number of β-amino-alcohol motifs (C(OH)–C–C–N with tert-alkyl or cyclic N) is 1. The number of aliphatic hydroxyl groups is 1. The molecular weight excluding hydrogens is 390 g/mol. The summed E-state index contributed by atoms with van der Waals surface area (Å²) in [5.41, 5.74) is 4.52. The van der Waals surface area contributed by atoms with Crippen molar-refractivity contribution in [1.29, 1.82) is 0 Å². The molecule has 0 bridgehead atoms. The summed E-state index contributed by atoms with van der Waals surface area (Å²) in [5, 5.41) is 13.4. The Kier molecular flexibility index (Phi) is 8.46. The van der Waals surface area contributed by atoms with E-state index in [-0.39, 0.29) is 12.5 Å². The standard InChI is InChI=1S/C25H35N3O3/c1-19-9-10-20(2)25(21(19)3)31-18-23(29)16-27-11-13-28(14-12-27)17-24(30)26-15-22-7-5-4-6-8-22/h4-10,23,29H,11-18H2,1-3H3,(H,26,30). The Labute approximate surface area is 185 Å². The molecule has 168 valence electrons. The van der Waals surface area contributed by atoms with Gasteiger partial charge in [0.2, 0.25) is 5.91 Å². The van der Waals surface area contributed by atoms with Crippen molar-refractivity contribution in [3.05, 3.63) is 64.7 Å². The third kappa shape index (κ3) is 7.06. The Morgan fingerprint density at radius 2 is 1.65 bits per heavy atom. The molecule has 1 aliphatic rings. The van der Waals surface area contributed by atoms with Gasteiger partial charge in [-0.25, -0.2) is 0 Å². The van der Waals surface area contributed by atoms with Gasteiger partial charge in [0.25, 0.3) is 0 Å². The molecule has 3 rings (SSSR count). The first-order valence-electron chi connectivity index (χ1n) is 11.1. The fourth-order valence-electron chi connectivity index (χ4n) is 3.86. The van der Waals surface area contributed by atoms with Gasteiger partial charge in [-0.3, -0.25) is 14.6 Å². The average molecular weight is 426 g/mol. The van der Waals surface area contributed by atoms with Crippen LogP contribution >= 0.6 is 0 Å². The van der Waals surface area contributed by atoms with Gasteiger partial charge in [0.1, 0.15) is 18.5 Å². The molecule has 2 aromatic rings. The van der Waals surface area contributed by atoms with Crippen LogP contribution in [0.2, 0.25) is 0 Å². The number of nitrogens with one attached hydrogen (secondary N) is 1. The van der Waals surface area contributed by atoms with Gasteiger partial charge in [-0.2, -0.15) is 0 Å². The molecule has 6 nitrogen and oxygen atoms in total. The quantitative estimate of drug-likeness (QED) is 0.645. The van der Waals surface area contributed by atoms with Crippen molar-refractivity contribution in [3.63, 3.8) is 0 Å². The molecule has 1 saturated heterocycles. The van der Waals surface area contributed by atoms with E-state index in [0.29, 0.717) is 19.6 Å². The predicted octanol–water partition coefficient (Wildman–Crippen LogP) is 2.29. The molecule has 1 heterocycles. The number of aryl methyl sites for hydroxylation is 2. The molecule has 31 heavy (non-hydrogen) atoms. The lowest BCUT2D eigenvalue weighted by Crippen LogP contribution is -2.51. The van der Waals surface area contributed by atoms with Gasteiger partial charge in [0.05, 0.1) is 6.54 Å². The van der Waals surface area contributed by atoms with E-state index in [1.54, 1.807) is 0 Å². The molecule has 0 aromatic heterocycles. The highest BCUT2D eigenvalue weighted by Gasteiger charge is 2.21. The third-order valence-corrected chi connectivity index (χ3v) is 5.93. The van der Waals surface area contributed by atoms with E-state index >= 15 is 0 Å². The summed E-state index contributed by atoms with van der Waals surface area (Å²) in [7, 11) is 0. The lowest BCUT2D eigenvalue weighted by molar-refractivity contribution is -0.122. The number of aliphatic hydroxyl groups excluding tert-OH is 1. The fourth-order valence-corrected chi connectivity index (χ4v) is 3.86. The first-order valence-corrected chi connectivity index (χ1v) is 11.1. The first-order chi connectivity index (χ1) is 14.9. The summed E-state index contributed by atoms with van der Waals surface area (Å²) >= 11 is 0. The van der Waals surface area contributed by atoms with Crippen molar-refractivity contribution in [2.45, 2.75) is 33.4 Å². The Bertz CT molecular complexity index is 849. The van der Waals surface area contributed by atoms with Gasteiger partial charge >= 0.3 is 0 Å². The lowest BCUT2D eigenvalue weighted by atomic mass is 10.1. The van der Waals surface area contributed by atoms with Crippen LogP contribution < -0.4 is 10.1 Å². The van der Waals surface area contributed by atoms with Crippen LogP contribution in [0.5, 0.6) is 5.75 Å². The monoisotopic (exact) mass is 425 g/mol. The second-order valence-corrected chi connectivity index (χ2v) is 8.46. The zero-order valence-corrected chi connectivity index (χ0v) is 18.9. The maximum Gasteiger partial charge on any atom is 0.234 e. The van der Waals surface area contributed by atoms with Crippen molar-refractivity contribution >= 4 is 5.91 Å². The summed E-state index contributed by atoms with van der Waals surface area (Å²) in [6.07, 6.45) is -0.542. The number of carbonyl (C=O) groups is 1. The maximum atomic E-state index is 12.2. The van der Waals surface area contributed by atoms with Crippen molar-refractivity contribution < 1.29 is 14.6 Å². The first kappa shape index (κ1) is 23.3. The van der Waals surface area contributed by atoms with Crippen molar-refractivity contribution in [2.24, 2.45) is 0 Å². The highest BCUT2D eigenvalue weighted by molar-refractivity contribution is 5.78. The number of hydrogen-bond donors (Lipinski definition) is 2. The van der Waals surface area contributed by atoms with E-state index < -0.39 is 6.10 Å². The molecule has 0 radical (unpaired) electrons. The number of hydrogen-bond acceptors (Lipinski definition) is 5. The number of ether oxygens (including phenoxy) is 1. The van der Waals surface area contributed by atoms with Crippen LogP contribution in [0.1, 0.15) is 22.3 Å². The molecule has 2 aromatic carbocycles. The van der Waals surface area contributed by atoms with Gasteiger partial charge < -0.3 is 15.2 Å². The Morgan fingerprint density at radius 3 is 2.35 bits per heavy atom. The molecule has 0 spiro atoms. The Hall–Kier alpha value is -2.41. The van der Waals surface area contributed by atoms with Crippen LogP contribution in [0, 0.1) is 20.8 Å². The van der Waals surface area contributed by atoms with E-state index in [2.05, 4.69) is 41.1 Å². The summed E-state index contributed by atoms with van der Waals surface area (Å²) in [5.74, 6) is 0.931. The second kappa shape index (κ2) is 11.3. The zero-order chi connectivity index (χ0) is 22.2. The summed E-state index contributed by atoms with van der Waals surface area (Å²) in [6, 6.07) is 14.1. The van der Waals surface area contributed by atoms with Crippen molar-refractivity contribution in [3.8, 4) is 5.75 Å². The highest BCUT2D eigenvalue weighted by atomic mass is 16.5. The number of benzene rings is 2. The number of rotatable bonds is 9. The van der Waals surface area contributed by atoms with Crippen LogP contribution in [0.15, 0.2) is 42.5 Å². The maximum absolute atomic E-state index is 12.2. The summed E-state index contributed by atoms with van der Waals surface area (Å²) in [6.45, 7) is 11.3. The van der Waals surface area contributed by atoms with E-state index in [1.165, 1.54) is 5.56 Å². The largest absolute Gasteiger partial charge is 0.490 e. The van der Waals surface area contributed by atoms with Crippen LogP contribution in [0.3, 0.4) is 0 Å². The smallest absolute Gasteiger partial charge is 0.234 e. The normalized spacial score (nSPS) is 16.1. The topological polar surface area (TPSA) is 65.0 Å². The number of piperazine rings is 1. The van der Waals surface area contributed by atoms with E-state index in [9.17, 15) is 9.90 Å². The molecule has 2 N–H and O–H groups in total. The number of carbonyl (C=O) groups excluding carboxylic acids is 1. The van der Waals surface area contributed by atoms with Gasteiger partial charge in [-0.15, -0.1) is 0 Å². The van der Waals surface area contributed by atoms with E-state index in [4.69, 9.17) is 4.74 Å². The molecule has 1 amide bonds. The highest BCUT2D eigenvalue weighted by Crippen LogP contribution is 2.25. The SMILES string of the molecule is Cc1ccc(C)c(OCC(O)CN2CCN(CC(=O)NCc3ccccc3)CC2)c1C. The Balaban J connectivity index is 1.35. The molecule has 0 aliphatic carbocycles. The van der Waals surface area contributed by atoms with Gasteiger partial charge in [0, 0.05) is 39.3 Å². The van der Waals surface area contributed by atoms with E-state index in [0.717, 1.165) is 48.6 Å². The average Bonchev–Trinajstić information content (AvgIpc) is 2.77. The van der Waals surface area contributed by atoms with Gasteiger partial charge in [0.15, 0.2) is 0 Å². The summed E-state index contributed by atoms with van der Waals surface area (Å²) in [4.78, 5) is 16.6. The van der Waals surface area contributed by atoms with Crippen molar-refractivity contribution in [1.82, 2.24) is 15.1 Å². The Morgan fingerprint density at radius 1 is 1.00 bits per heavy atom. The zero-order valence-electron chi connectivity index (χ0n) is 18.9. The predicted molar refractivity (Wildman–Crippen MR) is 123 cm³/mol. The number of nitrogens with zero attached hydrogens (tertiary/aromatic N) is 2. The molecule has 1 unspecified atom stereocenters. The van der Waals surface area contributed by atoms with Crippen LogP contribution in [0.25, 0.3) is 0 Å². The fraction of sp³-hybridized carbons (Fsp3) is 0.480. The molecule has 0 saturated carbocycles. The van der Waals surface area contributed by atoms with E-state index in [1.807, 2.05) is 37.3 Å². The molecule has 1 atom stereocenters. The van der Waals surface area contributed by atoms with Gasteiger partial charge in [-0.05, 0) is 43.0 Å². The number of amides is 1. The molecular formula is C25H35N3O3. The van der Waals surface area contributed by atoms with Gasteiger partial charge in [-0.1, -0.05) is 42.5 Å². The van der Waals surface area contributed by atoms with Crippen molar-refractivity contribution in [2.75, 3.05) is 45.9 Å². The van der Waals surface area contributed by atoms with Crippen LogP contribution in [-0.4, -0.2) is 72.8 Å². The second-order valence-electron chi connectivity index (χ2n) is 8.46. The van der Waals surface area contributed by atoms with Crippen LogP contribution in [-0.2, 0) is 11.3 Å². The minimum atomic E-state index is -0.542. The molecule has 1 fully saturated rings. The minimum Gasteiger partial charge on any atom is -0.490 e. The molecule has 6 heteroatoms.